The van der Waals surface area contributed by atoms with Crippen LogP contribution in [0, 0.1) is 0 Å². The predicted molar refractivity (Wildman–Crippen MR) is 104 cm³/mol. The predicted octanol–water partition coefficient (Wildman–Crippen LogP) is 4.67. The van der Waals surface area contributed by atoms with E-state index in [2.05, 4.69) is 15.9 Å². The van der Waals surface area contributed by atoms with Gasteiger partial charge in [0, 0.05) is 17.6 Å². The number of esters is 1. The van der Waals surface area contributed by atoms with Gasteiger partial charge in [-0.15, -0.1) is 0 Å². The van der Waals surface area contributed by atoms with E-state index in [0.29, 0.717) is 13.0 Å². The molecule has 1 unspecified atom stereocenters. The summed E-state index contributed by atoms with van der Waals surface area (Å²) in [6.07, 6.45) is 0.0929. The number of amides is 1. The fourth-order valence-electron chi connectivity index (χ4n) is 2.97. The van der Waals surface area contributed by atoms with Crippen molar-refractivity contribution >= 4 is 28.0 Å². The maximum Gasteiger partial charge on any atom is 0.410 e. The standard InChI is InChI=1S/C20H28BrNO4/c1-18(2,3)25-16(23)20(14-8-7-9-15(21)12-14)10-11-22(13-20)17(24)26-19(4,5)6/h7-9,12H,10-11,13H2,1-6H3. The molecule has 0 saturated carbocycles. The Kier molecular flexibility index (Phi) is 5.76. The summed E-state index contributed by atoms with van der Waals surface area (Å²) >= 11 is 3.47. The third-order valence-electron chi connectivity index (χ3n) is 4.09. The van der Waals surface area contributed by atoms with Gasteiger partial charge in [-0.05, 0) is 65.7 Å². The van der Waals surface area contributed by atoms with E-state index < -0.39 is 22.7 Å². The van der Waals surface area contributed by atoms with E-state index in [-0.39, 0.29) is 12.5 Å². The monoisotopic (exact) mass is 425 g/mol. The molecule has 0 aliphatic carbocycles. The second-order valence-corrected chi connectivity index (χ2v) is 9.66. The molecule has 144 valence electrons. The van der Waals surface area contributed by atoms with Gasteiger partial charge in [-0.25, -0.2) is 4.79 Å². The Balaban J connectivity index is 2.35. The molecule has 1 amide bonds. The number of halogens is 1. The Bertz CT molecular complexity index is 690. The SMILES string of the molecule is CC(C)(C)OC(=O)N1CCC(C(=O)OC(C)(C)C)(c2cccc(Br)c2)C1. The van der Waals surface area contributed by atoms with Gasteiger partial charge in [0.1, 0.15) is 16.6 Å². The van der Waals surface area contributed by atoms with Crippen LogP contribution in [0.2, 0.25) is 0 Å². The molecule has 1 fully saturated rings. The molecular formula is C20H28BrNO4. The lowest BCUT2D eigenvalue weighted by atomic mass is 9.79. The average Bonchev–Trinajstić information content (AvgIpc) is 2.90. The zero-order chi connectivity index (χ0) is 19.8. The molecule has 1 aliphatic rings. The molecule has 26 heavy (non-hydrogen) atoms. The first-order valence-electron chi connectivity index (χ1n) is 8.80. The molecule has 5 nitrogen and oxygen atoms in total. The van der Waals surface area contributed by atoms with Crippen molar-refractivity contribution in [1.82, 2.24) is 4.90 Å². The zero-order valence-corrected chi connectivity index (χ0v) is 18.0. The van der Waals surface area contributed by atoms with Crippen LogP contribution >= 0.6 is 15.9 Å². The maximum absolute atomic E-state index is 13.1. The van der Waals surface area contributed by atoms with Crippen molar-refractivity contribution in [2.75, 3.05) is 13.1 Å². The highest BCUT2D eigenvalue weighted by atomic mass is 79.9. The summed E-state index contributed by atoms with van der Waals surface area (Å²) in [6.45, 7) is 11.7. The van der Waals surface area contributed by atoms with Crippen LogP contribution in [-0.2, 0) is 19.7 Å². The van der Waals surface area contributed by atoms with Crippen LogP contribution in [0.25, 0.3) is 0 Å². The van der Waals surface area contributed by atoms with Crippen LogP contribution < -0.4 is 0 Å². The lowest BCUT2D eigenvalue weighted by Crippen LogP contribution is -2.45. The molecular weight excluding hydrogens is 398 g/mol. The van der Waals surface area contributed by atoms with Crippen LogP contribution in [0.5, 0.6) is 0 Å². The smallest absolute Gasteiger partial charge is 0.410 e. The number of rotatable bonds is 2. The molecule has 0 aromatic heterocycles. The number of benzene rings is 1. The molecule has 0 spiro atoms. The van der Waals surface area contributed by atoms with Crippen molar-refractivity contribution < 1.29 is 19.1 Å². The second kappa shape index (κ2) is 7.22. The average molecular weight is 426 g/mol. The third kappa shape index (κ3) is 5.00. The van der Waals surface area contributed by atoms with Gasteiger partial charge >= 0.3 is 12.1 Å². The van der Waals surface area contributed by atoms with Crippen molar-refractivity contribution in [3.63, 3.8) is 0 Å². The van der Waals surface area contributed by atoms with Crippen molar-refractivity contribution in [2.24, 2.45) is 0 Å². The Morgan fingerprint density at radius 3 is 2.23 bits per heavy atom. The Hall–Kier alpha value is -1.56. The quantitative estimate of drug-likeness (QED) is 0.645. The van der Waals surface area contributed by atoms with Gasteiger partial charge in [0.2, 0.25) is 0 Å². The molecule has 0 radical (unpaired) electrons. The van der Waals surface area contributed by atoms with Gasteiger partial charge in [-0.2, -0.15) is 0 Å². The highest BCUT2D eigenvalue weighted by molar-refractivity contribution is 9.10. The van der Waals surface area contributed by atoms with Gasteiger partial charge in [-0.1, -0.05) is 28.1 Å². The van der Waals surface area contributed by atoms with Gasteiger partial charge in [-0.3, -0.25) is 4.79 Å². The minimum atomic E-state index is -0.895. The van der Waals surface area contributed by atoms with Crippen molar-refractivity contribution in [2.45, 2.75) is 64.6 Å². The van der Waals surface area contributed by atoms with Crippen molar-refractivity contribution in [3.8, 4) is 0 Å². The van der Waals surface area contributed by atoms with Gasteiger partial charge < -0.3 is 14.4 Å². The molecule has 1 saturated heterocycles. The summed E-state index contributed by atoms with van der Waals surface area (Å²) in [6, 6.07) is 7.63. The first-order valence-corrected chi connectivity index (χ1v) is 9.59. The van der Waals surface area contributed by atoms with E-state index in [4.69, 9.17) is 9.47 Å². The highest BCUT2D eigenvalue weighted by Gasteiger charge is 2.50. The van der Waals surface area contributed by atoms with E-state index >= 15 is 0 Å². The lowest BCUT2D eigenvalue weighted by molar-refractivity contribution is -0.161. The summed E-state index contributed by atoms with van der Waals surface area (Å²) in [4.78, 5) is 27.2. The zero-order valence-electron chi connectivity index (χ0n) is 16.4. The van der Waals surface area contributed by atoms with Crippen molar-refractivity contribution in [3.05, 3.63) is 34.3 Å². The van der Waals surface area contributed by atoms with E-state index in [9.17, 15) is 9.59 Å². The minimum Gasteiger partial charge on any atom is -0.459 e. The molecule has 6 heteroatoms. The number of nitrogens with zero attached hydrogens (tertiary/aromatic N) is 1. The molecule has 2 rings (SSSR count). The Morgan fingerprint density at radius 1 is 1.08 bits per heavy atom. The molecule has 1 atom stereocenters. The summed E-state index contributed by atoms with van der Waals surface area (Å²) in [5.74, 6) is -0.311. The van der Waals surface area contributed by atoms with E-state index in [0.717, 1.165) is 10.0 Å². The Morgan fingerprint density at radius 2 is 1.69 bits per heavy atom. The maximum atomic E-state index is 13.1. The van der Waals surface area contributed by atoms with Crippen LogP contribution in [0.1, 0.15) is 53.5 Å². The number of likely N-dealkylation sites (tertiary alicyclic amines) is 1. The van der Waals surface area contributed by atoms with Crippen LogP contribution in [0.3, 0.4) is 0 Å². The molecule has 1 heterocycles. The summed E-state index contributed by atoms with van der Waals surface area (Å²) in [5.41, 5.74) is -1.24. The number of hydrogen-bond donors (Lipinski definition) is 0. The summed E-state index contributed by atoms with van der Waals surface area (Å²) < 4.78 is 12.1. The van der Waals surface area contributed by atoms with E-state index in [1.807, 2.05) is 65.8 Å². The summed E-state index contributed by atoms with van der Waals surface area (Å²) in [5, 5.41) is 0. The molecule has 1 aromatic carbocycles. The highest BCUT2D eigenvalue weighted by Crippen LogP contribution is 2.38. The first kappa shape index (κ1) is 20.7. The lowest BCUT2D eigenvalue weighted by Gasteiger charge is -2.32. The fraction of sp³-hybridized carbons (Fsp3) is 0.600. The molecule has 1 aromatic rings. The number of carbonyl (C=O) groups is 2. The first-order chi connectivity index (χ1) is 11.8. The second-order valence-electron chi connectivity index (χ2n) is 8.75. The number of hydrogen-bond acceptors (Lipinski definition) is 4. The third-order valence-corrected chi connectivity index (χ3v) is 4.58. The Labute approximate surface area is 164 Å². The molecule has 1 aliphatic heterocycles. The largest absolute Gasteiger partial charge is 0.459 e. The molecule has 0 N–H and O–H groups in total. The number of ether oxygens (including phenoxy) is 2. The van der Waals surface area contributed by atoms with E-state index in [1.165, 1.54) is 0 Å². The minimum absolute atomic E-state index is 0.243. The fourth-order valence-corrected chi connectivity index (χ4v) is 3.37. The summed E-state index contributed by atoms with van der Waals surface area (Å²) in [7, 11) is 0. The normalized spacial score (nSPS) is 20.8. The van der Waals surface area contributed by atoms with Crippen LogP contribution in [0.15, 0.2) is 28.7 Å². The van der Waals surface area contributed by atoms with Gasteiger partial charge in [0.15, 0.2) is 0 Å². The number of carbonyl (C=O) groups excluding carboxylic acids is 2. The van der Waals surface area contributed by atoms with Crippen molar-refractivity contribution in [1.29, 1.82) is 0 Å². The van der Waals surface area contributed by atoms with Gasteiger partial charge in [0.25, 0.3) is 0 Å². The van der Waals surface area contributed by atoms with Gasteiger partial charge in [0.05, 0.1) is 0 Å². The van der Waals surface area contributed by atoms with Crippen LogP contribution in [0.4, 0.5) is 4.79 Å². The van der Waals surface area contributed by atoms with Crippen LogP contribution in [-0.4, -0.2) is 41.3 Å². The van der Waals surface area contributed by atoms with E-state index in [1.54, 1.807) is 4.90 Å². The topological polar surface area (TPSA) is 55.8 Å². The molecule has 0 bridgehead atoms.